The minimum Gasteiger partial charge on any atom is -0.357 e. The van der Waals surface area contributed by atoms with Gasteiger partial charge in [0.1, 0.15) is 5.82 Å². The number of H-pyrrole nitrogens is 1. The summed E-state index contributed by atoms with van der Waals surface area (Å²) in [6.07, 6.45) is 0. The molecule has 0 amide bonds. The van der Waals surface area contributed by atoms with Gasteiger partial charge < -0.3 is 9.80 Å². The zero-order chi connectivity index (χ0) is 17.7. The van der Waals surface area contributed by atoms with Crippen LogP contribution in [0.1, 0.15) is 11.4 Å². The van der Waals surface area contributed by atoms with E-state index in [1.807, 2.05) is 19.9 Å². The first-order chi connectivity index (χ1) is 11.9. The summed E-state index contributed by atoms with van der Waals surface area (Å²) in [7, 11) is 1.48. The number of anilines is 2. The highest BCUT2D eigenvalue weighted by Gasteiger charge is 2.41. The Bertz CT molecular complexity index is 868. The molecular weight excluding hydrogens is 320 g/mol. The van der Waals surface area contributed by atoms with Crippen molar-refractivity contribution in [2.75, 3.05) is 36.0 Å². The van der Waals surface area contributed by atoms with E-state index in [1.165, 1.54) is 13.1 Å². The topological polar surface area (TPSA) is 87.1 Å². The fraction of sp³-hybridized carbons (Fsp3) is 0.529. The number of nitrogens with zero attached hydrogens (tertiary/aromatic N) is 5. The van der Waals surface area contributed by atoms with E-state index >= 15 is 0 Å². The second kappa shape index (κ2) is 5.72. The van der Waals surface area contributed by atoms with Crippen molar-refractivity contribution in [3.8, 4) is 0 Å². The van der Waals surface area contributed by atoms with Gasteiger partial charge in [0.25, 0.3) is 5.56 Å². The Labute approximate surface area is 145 Å². The Balaban J connectivity index is 1.51. The lowest BCUT2D eigenvalue weighted by atomic mass is 10.0. The summed E-state index contributed by atoms with van der Waals surface area (Å²) in [5.41, 5.74) is 1.32. The third-order valence-corrected chi connectivity index (χ3v) is 5.21. The first kappa shape index (κ1) is 15.9. The van der Waals surface area contributed by atoms with Crippen LogP contribution < -0.4 is 21.0 Å². The lowest BCUT2D eigenvalue weighted by Gasteiger charge is -2.23. The Morgan fingerprint density at radius 1 is 0.960 bits per heavy atom. The summed E-state index contributed by atoms with van der Waals surface area (Å²) in [6.45, 7) is 7.44. The lowest BCUT2D eigenvalue weighted by molar-refractivity contribution is 0.533. The number of hydrogen-bond acceptors (Lipinski definition) is 6. The van der Waals surface area contributed by atoms with Crippen molar-refractivity contribution >= 4 is 11.8 Å². The fourth-order valence-corrected chi connectivity index (χ4v) is 3.92. The van der Waals surface area contributed by atoms with E-state index in [4.69, 9.17) is 0 Å². The monoisotopic (exact) mass is 342 g/mol. The zero-order valence-electron chi connectivity index (χ0n) is 14.7. The molecule has 0 bridgehead atoms. The average Bonchev–Trinajstić information content (AvgIpc) is 3.10. The predicted octanol–water partition coefficient (Wildman–Crippen LogP) is 0.0530. The Kier molecular flexibility index (Phi) is 3.63. The molecule has 2 aromatic heterocycles. The van der Waals surface area contributed by atoms with Crippen molar-refractivity contribution < 1.29 is 0 Å². The summed E-state index contributed by atoms with van der Waals surface area (Å²) < 4.78 is 1.08. The molecular formula is C17H22N6O2. The fourth-order valence-electron chi connectivity index (χ4n) is 3.92. The average molecular weight is 342 g/mol. The van der Waals surface area contributed by atoms with Crippen LogP contribution in [0.5, 0.6) is 0 Å². The second-order valence-electron chi connectivity index (χ2n) is 7.14. The highest BCUT2D eigenvalue weighted by Crippen LogP contribution is 2.34. The van der Waals surface area contributed by atoms with E-state index in [1.54, 1.807) is 0 Å². The molecule has 132 valence electrons. The van der Waals surface area contributed by atoms with Crippen molar-refractivity contribution in [1.29, 1.82) is 0 Å². The molecule has 2 aliphatic heterocycles. The van der Waals surface area contributed by atoms with Crippen molar-refractivity contribution in [2.45, 2.75) is 13.8 Å². The maximum atomic E-state index is 11.9. The third kappa shape index (κ3) is 2.81. The highest BCUT2D eigenvalue weighted by atomic mass is 16.2. The molecule has 2 saturated heterocycles. The van der Waals surface area contributed by atoms with Crippen LogP contribution in [0.3, 0.4) is 0 Å². The summed E-state index contributed by atoms with van der Waals surface area (Å²) in [4.78, 5) is 40.0. The van der Waals surface area contributed by atoms with Crippen molar-refractivity contribution in [3.05, 3.63) is 44.4 Å². The molecule has 2 fully saturated rings. The van der Waals surface area contributed by atoms with Crippen molar-refractivity contribution in [1.82, 2.24) is 19.5 Å². The quantitative estimate of drug-likeness (QED) is 0.830. The van der Waals surface area contributed by atoms with E-state index < -0.39 is 0 Å². The smallest absolute Gasteiger partial charge is 0.329 e. The molecule has 4 rings (SSSR count). The molecule has 4 heterocycles. The van der Waals surface area contributed by atoms with Gasteiger partial charge in [0, 0.05) is 62.5 Å². The van der Waals surface area contributed by atoms with Gasteiger partial charge in [-0.25, -0.2) is 14.8 Å². The van der Waals surface area contributed by atoms with Gasteiger partial charge in [-0.15, -0.1) is 0 Å². The van der Waals surface area contributed by atoms with Gasteiger partial charge in [-0.2, -0.15) is 0 Å². The number of fused-ring (bicyclic) bond motifs is 1. The summed E-state index contributed by atoms with van der Waals surface area (Å²) in [5.74, 6) is 2.39. The van der Waals surface area contributed by atoms with E-state index in [-0.39, 0.29) is 11.2 Å². The number of aromatic nitrogens is 4. The minimum atomic E-state index is -0.371. The highest BCUT2D eigenvalue weighted by molar-refractivity contribution is 5.42. The number of hydrogen-bond donors (Lipinski definition) is 1. The van der Waals surface area contributed by atoms with Gasteiger partial charge in [0.15, 0.2) is 0 Å². The molecule has 25 heavy (non-hydrogen) atoms. The largest absolute Gasteiger partial charge is 0.357 e. The van der Waals surface area contributed by atoms with Gasteiger partial charge in [0.2, 0.25) is 5.95 Å². The van der Waals surface area contributed by atoms with E-state index in [0.717, 1.165) is 48.1 Å². The van der Waals surface area contributed by atoms with Crippen molar-refractivity contribution in [3.63, 3.8) is 0 Å². The first-order valence-corrected chi connectivity index (χ1v) is 8.53. The van der Waals surface area contributed by atoms with Gasteiger partial charge in [0.05, 0.1) is 0 Å². The second-order valence-corrected chi connectivity index (χ2v) is 7.14. The number of nitrogens with one attached hydrogen (secondary N) is 1. The zero-order valence-corrected chi connectivity index (χ0v) is 14.7. The normalized spacial score (nSPS) is 22.5. The molecule has 0 saturated carbocycles. The van der Waals surface area contributed by atoms with Crippen LogP contribution in [0, 0.1) is 25.7 Å². The van der Waals surface area contributed by atoms with Gasteiger partial charge >= 0.3 is 5.69 Å². The van der Waals surface area contributed by atoms with E-state index in [0.29, 0.717) is 17.7 Å². The third-order valence-electron chi connectivity index (χ3n) is 5.21. The van der Waals surface area contributed by atoms with E-state index in [2.05, 4.69) is 24.8 Å². The molecule has 2 aromatic rings. The van der Waals surface area contributed by atoms with Crippen LogP contribution >= 0.6 is 0 Å². The van der Waals surface area contributed by atoms with Crippen molar-refractivity contribution in [2.24, 2.45) is 18.9 Å². The maximum absolute atomic E-state index is 11.9. The Morgan fingerprint density at radius 3 is 2.08 bits per heavy atom. The van der Waals surface area contributed by atoms with Crippen LogP contribution in [0.25, 0.3) is 0 Å². The summed E-state index contributed by atoms with van der Waals surface area (Å²) >= 11 is 0. The lowest BCUT2D eigenvalue weighted by Crippen LogP contribution is -2.36. The van der Waals surface area contributed by atoms with Crippen LogP contribution in [0.2, 0.25) is 0 Å². The van der Waals surface area contributed by atoms with Crippen LogP contribution in [0.15, 0.2) is 21.7 Å². The summed E-state index contributed by atoms with van der Waals surface area (Å²) in [6, 6.07) is 3.49. The van der Waals surface area contributed by atoms with Crippen LogP contribution in [-0.2, 0) is 7.05 Å². The minimum absolute atomic E-state index is 0.277. The summed E-state index contributed by atoms with van der Waals surface area (Å²) in [5, 5.41) is 0. The number of aromatic amines is 1. The molecule has 0 spiro atoms. The molecule has 1 N–H and O–H groups in total. The number of rotatable bonds is 2. The van der Waals surface area contributed by atoms with Gasteiger partial charge in [-0.1, -0.05) is 0 Å². The Hall–Kier alpha value is -2.64. The first-order valence-electron chi connectivity index (χ1n) is 8.53. The molecule has 0 aliphatic carbocycles. The molecule has 2 unspecified atom stereocenters. The molecule has 8 heteroatoms. The molecule has 2 atom stereocenters. The SMILES string of the molecule is Cc1cc(C)nc(N2CC3CN(c4cc(=O)n(C)c(=O)[nH]4)CC3C2)n1. The molecule has 0 radical (unpaired) electrons. The van der Waals surface area contributed by atoms with Gasteiger partial charge in [-0.05, 0) is 19.9 Å². The van der Waals surface area contributed by atoms with Gasteiger partial charge in [-0.3, -0.25) is 14.3 Å². The molecule has 8 nitrogen and oxygen atoms in total. The number of aryl methyl sites for hydroxylation is 2. The standard InChI is InChI=1S/C17H22N6O2/c1-10-4-11(2)19-16(18-10)23-8-12-6-22(7-13(12)9-23)14-5-15(24)21(3)17(25)20-14/h4-5,12-13H,6-9H2,1-3H3,(H,20,25). The molecule has 2 aliphatic rings. The van der Waals surface area contributed by atoms with Crippen LogP contribution in [-0.4, -0.2) is 45.7 Å². The Morgan fingerprint density at radius 2 is 1.52 bits per heavy atom. The molecule has 0 aromatic carbocycles. The maximum Gasteiger partial charge on any atom is 0.329 e. The van der Waals surface area contributed by atoms with Crippen LogP contribution in [0.4, 0.5) is 11.8 Å². The predicted molar refractivity (Wildman–Crippen MR) is 95.2 cm³/mol. The van der Waals surface area contributed by atoms with E-state index in [9.17, 15) is 9.59 Å².